The first-order valence-corrected chi connectivity index (χ1v) is 11.6. The molecule has 1 amide bonds. The molecule has 0 spiro atoms. The molecule has 3 aromatic rings. The van der Waals surface area contributed by atoms with Crippen LogP contribution in [0.1, 0.15) is 56.1 Å². The summed E-state index contributed by atoms with van der Waals surface area (Å²) in [4.78, 5) is 17.6. The lowest BCUT2D eigenvalue weighted by Crippen LogP contribution is -2.47. The van der Waals surface area contributed by atoms with Crippen LogP contribution < -0.4 is 10.6 Å². The van der Waals surface area contributed by atoms with E-state index >= 15 is 0 Å². The van der Waals surface area contributed by atoms with Gasteiger partial charge in [-0.05, 0) is 54.7 Å². The van der Waals surface area contributed by atoms with Crippen molar-refractivity contribution in [3.63, 3.8) is 0 Å². The number of carbonyl (C=O) groups excluding carboxylic acids is 1. The van der Waals surface area contributed by atoms with Crippen molar-refractivity contribution in [2.24, 2.45) is 18.9 Å². The summed E-state index contributed by atoms with van der Waals surface area (Å²) in [6, 6.07) is 6.55. The van der Waals surface area contributed by atoms with Gasteiger partial charge < -0.3 is 14.5 Å². The maximum atomic E-state index is 13.1. The number of aromatic nitrogens is 3. The zero-order valence-corrected chi connectivity index (χ0v) is 18.8. The molecule has 2 unspecified atom stereocenters. The number of nitrogens with zero attached hydrogens (tertiary/aromatic N) is 3. The summed E-state index contributed by atoms with van der Waals surface area (Å²) in [5.74, 6) is 2.39. The Balaban J connectivity index is 1.52. The monoisotopic (exact) mass is 419 g/mol. The van der Waals surface area contributed by atoms with E-state index in [1.165, 1.54) is 34.9 Å². The van der Waals surface area contributed by atoms with E-state index in [0.29, 0.717) is 18.3 Å². The highest BCUT2D eigenvalue weighted by Crippen LogP contribution is 2.36. The van der Waals surface area contributed by atoms with Crippen LogP contribution in [0.5, 0.6) is 0 Å². The molecule has 0 bridgehead atoms. The third-order valence-corrected chi connectivity index (χ3v) is 6.74. The zero-order valence-electron chi connectivity index (χ0n) is 18.8. The number of hydrogen-bond acceptors (Lipinski definition) is 3. The second kappa shape index (κ2) is 8.15. The molecule has 6 heteroatoms. The van der Waals surface area contributed by atoms with Crippen molar-refractivity contribution >= 4 is 16.8 Å². The van der Waals surface area contributed by atoms with Crippen LogP contribution >= 0.6 is 0 Å². The molecule has 3 heterocycles. The molecule has 1 aliphatic carbocycles. The number of benzene rings is 1. The van der Waals surface area contributed by atoms with Gasteiger partial charge in [-0.1, -0.05) is 26.0 Å². The predicted molar refractivity (Wildman–Crippen MR) is 123 cm³/mol. The van der Waals surface area contributed by atoms with E-state index < -0.39 is 0 Å². The van der Waals surface area contributed by atoms with Gasteiger partial charge in [0.1, 0.15) is 5.82 Å². The Kier molecular flexibility index (Phi) is 5.34. The molecule has 1 aromatic carbocycles. The largest absolute Gasteiger partial charge is 0.354 e. The highest BCUT2D eigenvalue weighted by atomic mass is 16.2. The SMILES string of the molecule is CC(C)CC1NC(C(=O)NCC2CC2)Cc2cn(Cc3nccn3C)c3cccc1c23. The highest BCUT2D eigenvalue weighted by molar-refractivity contribution is 5.90. The molecule has 1 fully saturated rings. The van der Waals surface area contributed by atoms with E-state index in [9.17, 15) is 4.79 Å². The molecule has 2 aromatic heterocycles. The number of aryl methyl sites for hydroxylation is 1. The number of carbonyl (C=O) groups is 1. The van der Waals surface area contributed by atoms with Crippen molar-refractivity contribution < 1.29 is 4.79 Å². The third-order valence-electron chi connectivity index (χ3n) is 6.74. The molecule has 1 aliphatic heterocycles. The quantitative estimate of drug-likeness (QED) is 0.616. The fraction of sp³-hybridized carbons (Fsp3) is 0.520. The second-order valence-electron chi connectivity index (χ2n) is 9.77. The summed E-state index contributed by atoms with van der Waals surface area (Å²) in [5, 5.41) is 8.24. The highest BCUT2D eigenvalue weighted by Gasteiger charge is 2.32. The summed E-state index contributed by atoms with van der Waals surface area (Å²) >= 11 is 0. The minimum atomic E-state index is -0.206. The van der Waals surface area contributed by atoms with Crippen LogP contribution in [0.2, 0.25) is 0 Å². The van der Waals surface area contributed by atoms with Gasteiger partial charge in [-0.15, -0.1) is 0 Å². The summed E-state index contributed by atoms with van der Waals surface area (Å²) in [7, 11) is 2.03. The number of rotatable bonds is 7. The van der Waals surface area contributed by atoms with E-state index in [1.807, 2.05) is 19.4 Å². The molecule has 2 atom stereocenters. The lowest BCUT2D eigenvalue weighted by Gasteiger charge is -2.25. The number of hydrogen-bond donors (Lipinski definition) is 2. The van der Waals surface area contributed by atoms with E-state index in [-0.39, 0.29) is 18.0 Å². The van der Waals surface area contributed by atoms with Crippen LogP contribution in [0, 0.1) is 11.8 Å². The summed E-state index contributed by atoms with van der Waals surface area (Å²) in [6.07, 6.45) is 10.3. The van der Waals surface area contributed by atoms with Crippen molar-refractivity contribution in [3.8, 4) is 0 Å². The van der Waals surface area contributed by atoms with Crippen LogP contribution in [-0.2, 0) is 24.8 Å². The van der Waals surface area contributed by atoms with Crippen LogP contribution in [0.4, 0.5) is 0 Å². The standard InChI is InChI=1S/C25H33N5O/c1-16(2)11-20-19-5-4-6-22-24(19)18(14-30(22)15-23-26-9-10-29(23)3)12-21(28-20)25(31)27-13-17-7-8-17/h4-6,9-10,14,16-17,20-21,28H,7-8,11-13,15H2,1-3H3,(H,27,31). The van der Waals surface area contributed by atoms with Gasteiger partial charge in [-0.2, -0.15) is 0 Å². The van der Waals surface area contributed by atoms with Crippen LogP contribution in [0.15, 0.2) is 36.8 Å². The van der Waals surface area contributed by atoms with Crippen molar-refractivity contribution in [2.45, 2.75) is 58.2 Å². The Hall–Kier alpha value is -2.60. The van der Waals surface area contributed by atoms with Gasteiger partial charge in [0.15, 0.2) is 0 Å². The van der Waals surface area contributed by atoms with Gasteiger partial charge >= 0.3 is 0 Å². The molecule has 31 heavy (non-hydrogen) atoms. The number of imidazole rings is 1. The minimum absolute atomic E-state index is 0.137. The Bertz CT molecular complexity index is 1090. The van der Waals surface area contributed by atoms with Crippen molar-refractivity contribution in [2.75, 3.05) is 6.54 Å². The molecule has 0 saturated heterocycles. The molecular formula is C25H33N5O. The molecule has 164 valence electrons. The molecule has 0 radical (unpaired) electrons. The minimum Gasteiger partial charge on any atom is -0.354 e. The predicted octanol–water partition coefficient (Wildman–Crippen LogP) is 3.55. The van der Waals surface area contributed by atoms with Gasteiger partial charge in [0, 0.05) is 49.1 Å². The van der Waals surface area contributed by atoms with Gasteiger partial charge in [0.25, 0.3) is 0 Å². The number of nitrogens with one attached hydrogen (secondary N) is 2. The van der Waals surface area contributed by atoms with Gasteiger partial charge in [0.2, 0.25) is 5.91 Å². The molecule has 2 N–H and O–H groups in total. The lowest BCUT2D eigenvalue weighted by molar-refractivity contribution is -0.123. The fourth-order valence-corrected chi connectivity index (χ4v) is 4.88. The van der Waals surface area contributed by atoms with Crippen molar-refractivity contribution in [1.82, 2.24) is 24.8 Å². The Morgan fingerprint density at radius 1 is 1.32 bits per heavy atom. The molecular weight excluding hydrogens is 386 g/mol. The average molecular weight is 420 g/mol. The normalized spacial score (nSPS) is 20.9. The Labute approximate surface area is 184 Å². The smallest absolute Gasteiger partial charge is 0.237 e. The van der Waals surface area contributed by atoms with E-state index in [2.05, 4.69) is 63.0 Å². The topological polar surface area (TPSA) is 63.9 Å². The third kappa shape index (κ3) is 4.13. The van der Waals surface area contributed by atoms with Crippen LogP contribution in [-0.4, -0.2) is 32.6 Å². The summed E-state index contributed by atoms with van der Waals surface area (Å²) < 4.78 is 4.37. The van der Waals surface area contributed by atoms with E-state index in [0.717, 1.165) is 25.3 Å². The van der Waals surface area contributed by atoms with Gasteiger partial charge in [-0.25, -0.2) is 4.98 Å². The van der Waals surface area contributed by atoms with Crippen LogP contribution in [0.25, 0.3) is 10.9 Å². The number of amides is 1. The molecule has 2 aliphatic rings. The van der Waals surface area contributed by atoms with Crippen LogP contribution in [0.3, 0.4) is 0 Å². The average Bonchev–Trinajstić information content (AvgIpc) is 3.43. The van der Waals surface area contributed by atoms with E-state index in [1.54, 1.807) is 0 Å². The zero-order chi connectivity index (χ0) is 21.5. The Morgan fingerprint density at radius 3 is 2.87 bits per heavy atom. The first-order chi connectivity index (χ1) is 15.0. The van der Waals surface area contributed by atoms with Gasteiger partial charge in [0.05, 0.1) is 12.6 Å². The molecule has 1 saturated carbocycles. The lowest BCUT2D eigenvalue weighted by atomic mass is 9.94. The summed E-state index contributed by atoms with van der Waals surface area (Å²) in [6.45, 7) is 6.04. The second-order valence-corrected chi connectivity index (χ2v) is 9.77. The fourth-order valence-electron chi connectivity index (χ4n) is 4.88. The van der Waals surface area contributed by atoms with Gasteiger partial charge in [-0.3, -0.25) is 10.1 Å². The van der Waals surface area contributed by atoms with E-state index in [4.69, 9.17) is 0 Å². The first-order valence-electron chi connectivity index (χ1n) is 11.6. The first kappa shape index (κ1) is 20.3. The molecule has 6 nitrogen and oxygen atoms in total. The Morgan fingerprint density at radius 2 is 2.16 bits per heavy atom. The summed E-state index contributed by atoms with van der Waals surface area (Å²) in [5.41, 5.74) is 3.80. The van der Waals surface area contributed by atoms with Crippen molar-refractivity contribution in [1.29, 1.82) is 0 Å². The maximum Gasteiger partial charge on any atom is 0.237 e. The molecule has 5 rings (SSSR count). The maximum absolute atomic E-state index is 13.1. The van der Waals surface area contributed by atoms with Crippen molar-refractivity contribution in [3.05, 3.63) is 53.7 Å².